The zero-order valence-electron chi connectivity index (χ0n) is 9.09. The summed E-state index contributed by atoms with van der Waals surface area (Å²) in [5.41, 5.74) is 1.24. The van der Waals surface area contributed by atoms with Gasteiger partial charge in [-0.15, -0.1) is 5.10 Å². The Kier molecular flexibility index (Phi) is 2.86. The number of carbonyl (C=O) groups is 1. The molecule has 17 heavy (non-hydrogen) atoms. The van der Waals surface area contributed by atoms with Crippen molar-refractivity contribution < 1.29 is 14.3 Å². The third-order valence-electron chi connectivity index (χ3n) is 2.43. The lowest BCUT2D eigenvalue weighted by atomic mass is 10.2. The summed E-state index contributed by atoms with van der Waals surface area (Å²) in [6.07, 6.45) is 0. The molecule has 0 saturated heterocycles. The molecule has 0 unspecified atom stereocenters. The lowest BCUT2D eigenvalue weighted by Crippen LogP contribution is -2.05. The topological polar surface area (TPSA) is 68.0 Å². The third-order valence-corrected chi connectivity index (χ3v) is 2.43. The first-order valence-electron chi connectivity index (χ1n) is 4.96. The molecule has 88 valence electrons. The summed E-state index contributed by atoms with van der Waals surface area (Å²) >= 11 is 0. The van der Waals surface area contributed by atoms with Crippen LogP contribution >= 0.6 is 0 Å². The Balaban J connectivity index is 2.24. The first-order valence-corrected chi connectivity index (χ1v) is 4.96. The largest absolute Gasteiger partial charge is 0.476 e. The predicted molar refractivity (Wildman–Crippen MR) is 57.2 cm³/mol. The van der Waals surface area contributed by atoms with Crippen LogP contribution < -0.4 is 0 Å². The minimum atomic E-state index is -1.10. The first-order chi connectivity index (χ1) is 8.08. The van der Waals surface area contributed by atoms with Crippen LogP contribution in [0.3, 0.4) is 0 Å². The van der Waals surface area contributed by atoms with Crippen molar-refractivity contribution in [2.45, 2.75) is 13.5 Å². The molecule has 0 saturated carbocycles. The predicted octanol–water partition coefficient (Wildman–Crippen LogP) is 1.47. The molecular formula is C11H10FN3O2. The van der Waals surface area contributed by atoms with Crippen LogP contribution in [-0.4, -0.2) is 26.1 Å². The number of aromatic carboxylic acids is 1. The molecule has 0 aliphatic carbocycles. The Bertz CT molecular complexity index is 548. The number of aromatic nitrogens is 3. The van der Waals surface area contributed by atoms with Crippen LogP contribution in [0.15, 0.2) is 24.3 Å². The molecule has 1 N–H and O–H groups in total. The molecule has 0 aliphatic heterocycles. The van der Waals surface area contributed by atoms with Gasteiger partial charge in [0, 0.05) is 0 Å². The third kappa shape index (κ3) is 2.30. The zero-order chi connectivity index (χ0) is 12.4. The fraction of sp³-hybridized carbons (Fsp3) is 0.182. The molecule has 0 spiro atoms. The first kappa shape index (κ1) is 11.3. The van der Waals surface area contributed by atoms with E-state index in [2.05, 4.69) is 10.3 Å². The highest BCUT2D eigenvalue weighted by Crippen LogP contribution is 2.08. The van der Waals surface area contributed by atoms with Gasteiger partial charge in [0.05, 0.1) is 12.2 Å². The van der Waals surface area contributed by atoms with Crippen molar-refractivity contribution in [1.82, 2.24) is 15.0 Å². The summed E-state index contributed by atoms with van der Waals surface area (Å²) in [5, 5.41) is 16.1. The molecule has 0 atom stereocenters. The highest BCUT2D eigenvalue weighted by molar-refractivity contribution is 5.86. The average molecular weight is 235 g/mol. The molecule has 1 aromatic heterocycles. The van der Waals surface area contributed by atoms with Gasteiger partial charge in [0.25, 0.3) is 0 Å². The quantitative estimate of drug-likeness (QED) is 0.874. The van der Waals surface area contributed by atoms with Crippen LogP contribution in [0.2, 0.25) is 0 Å². The van der Waals surface area contributed by atoms with E-state index in [1.807, 2.05) is 0 Å². The second-order valence-electron chi connectivity index (χ2n) is 3.61. The number of halogens is 1. The van der Waals surface area contributed by atoms with Gasteiger partial charge in [-0.25, -0.2) is 13.9 Å². The van der Waals surface area contributed by atoms with Gasteiger partial charge in [0.2, 0.25) is 0 Å². The van der Waals surface area contributed by atoms with Crippen LogP contribution in [0, 0.1) is 12.7 Å². The van der Waals surface area contributed by atoms with E-state index in [1.165, 1.54) is 16.8 Å². The van der Waals surface area contributed by atoms with Gasteiger partial charge in [-0.2, -0.15) is 0 Å². The van der Waals surface area contributed by atoms with Crippen LogP contribution in [0.1, 0.15) is 21.7 Å². The standard InChI is InChI=1S/C11H10FN3O2/c1-7-10(11(16)17)13-14-15(7)6-8-2-4-9(12)5-3-8/h2-5H,6H2,1H3,(H,16,17). The molecule has 1 aromatic carbocycles. The van der Waals surface area contributed by atoms with Gasteiger partial charge in [0.15, 0.2) is 5.69 Å². The summed E-state index contributed by atoms with van der Waals surface area (Å²) in [5.74, 6) is -1.41. The van der Waals surface area contributed by atoms with E-state index >= 15 is 0 Å². The number of benzene rings is 1. The maximum atomic E-state index is 12.7. The van der Waals surface area contributed by atoms with Crippen LogP contribution in [-0.2, 0) is 6.54 Å². The fourth-order valence-electron chi connectivity index (χ4n) is 1.47. The van der Waals surface area contributed by atoms with Crippen molar-refractivity contribution >= 4 is 5.97 Å². The number of hydrogen-bond acceptors (Lipinski definition) is 3. The Morgan fingerprint density at radius 2 is 2.06 bits per heavy atom. The summed E-state index contributed by atoms with van der Waals surface area (Å²) in [4.78, 5) is 10.8. The Morgan fingerprint density at radius 3 is 2.59 bits per heavy atom. The normalized spacial score (nSPS) is 10.5. The van der Waals surface area contributed by atoms with Crippen molar-refractivity contribution in [1.29, 1.82) is 0 Å². The van der Waals surface area contributed by atoms with Gasteiger partial charge >= 0.3 is 5.97 Å². The molecule has 0 radical (unpaired) electrons. The zero-order valence-corrected chi connectivity index (χ0v) is 9.09. The lowest BCUT2D eigenvalue weighted by Gasteiger charge is -2.03. The molecule has 1 heterocycles. The summed E-state index contributed by atoms with van der Waals surface area (Å²) in [6.45, 7) is 2.00. The van der Waals surface area contributed by atoms with Gasteiger partial charge in [-0.3, -0.25) is 0 Å². The number of nitrogens with zero attached hydrogens (tertiary/aromatic N) is 3. The van der Waals surface area contributed by atoms with Gasteiger partial charge in [-0.05, 0) is 24.6 Å². The number of carboxylic acids is 1. The maximum absolute atomic E-state index is 12.7. The molecule has 0 fully saturated rings. The molecule has 0 amide bonds. The molecule has 2 aromatic rings. The molecule has 2 rings (SSSR count). The van der Waals surface area contributed by atoms with Crippen molar-refractivity contribution in [2.75, 3.05) is 0 Å². The molecule has 0 bridgehead atoms. The Labute approximate surface area is 96.5 Å². The van der Waals surface area contributed by atoms with E-state index in [4.69, 9.17) is 5.11 Å². The van der Waals surface area contributed by atoms with E-state index in [0.717, 1.165) is 5.56 Å². The van der Waals surface area contributed by atoms with E-state index in [-0.39, 0.29) is 11.5 Å². The van der Waals surface area contributed by atoms with E-state index in [9.17, 15) is 9.18 Å². The van der Waals surface area contributed by atoms with Crippen molar-refractivity contribution in [3.63, 3.8) is 0 Å². The van der Waals surface area contributed by atoms with Gasteiger partial charge in [-0.1, -0.05) is 17.3 Å². The molecule has 5 nitrogen and oxygen atoms in total. The fourth-order valence-corrected chi connectivity index (χ4v) is 1.47. The van der Waals surface area contributed by atoms with Crippen molar-refractivity contribution in [3.05, 3.63) is 47.0 Å². The summed E-state index contributed by atoms with van der Waals surface area (Å²) < 4.78 is 14.2. The summed E-state index contributed by atoms with van der Waals surface area (Å²) in [7, 11) is 0. The molecule has 6 heteroatoms. The van der Waals surface area contributed by atoms with Crippen LogP contribution in [0.5, 0.6) is 0 Å². The van der Waals surface area contributed by atoms with Crippen LogP contribution in [0.25, 0.3) is 0 Å². The number of hydrogen-bond donors (Lipinski definition) is 1. The van der Waals surface area contributed by atoms with Gasteiger partial charge < -0.3 is 5.11 Å². The highest BCUT2D eigenvalue weighted by Gasteiger charge is 2.14. The average Bonchev–Trinajstić information content (AvgIpc) is 2.64. The number of rotatable bonds is 3. The Hall–Kier alpha value is -2.24. The lowest BCUT2D eigenvalue weighted by molar-refractivity contribution is 0.0689. The van der Waals surface area contributed by atoms with Crippen molar-refractivity contribution in [3.8, 4) is 0 Å². The second kappa shape index (κ2) is 4.32. The van der Waals surface area contributed by atoms with Crippen LogP contribution in [0.4, 0.5) is 4.39 Å². The Morgan fingerprint density at radius 1 is 1.41 bits per heavy atom. The minimum Gasteiger partial charge on any atom is -0.476 e. The minimum absolute atomic E-state index is 0.0629. The van der Waals surface area contributed by atoms with Crippen molar-refractivity contribution in [2.24, 2.45) is 0 Å². The molecular weight excluding hydrogens is 225 g/mol. The number of carboxylic acid groups (broad SMARTS) is 1. The highest BCUT2D eigenvalue weighted by atomic mass is 19.1. The monoisotopic (exact) mass is 235 g/mol. The SMILES string of the molecule is Cc1c(C(=O)O)nnn1Cc1ccc(F)cc1. The maximum Gasteiger partial charge on any atom is 0.358 e. The molecule has 0 aliphatic rings. The summed E-state index contributed by atoms with van der Waals surface area (Å²) in [6, 6.07) is 5.94. The smallest absolute Gasteiger partial charge is 0.358 e. The van der Waals surface area contributed by atoms with E-state index in [0.29, 0.717) is 12.2 Å². The second-order valence-corrected chi connectivity index (χ2v) is 3.61. The van der Waals surface area contributed by atoms with E-state index < -0.39 is 5.97 Å². The van der Waals surface area contributed by atoms with E-state index in [1.54, 1.807) is 19.1 Å². The van der Waals surface area contributed by atoms with Gasteiger partial charge in [0.1, 0.15) is 5.82 Å².